The van der Waals surface area contributed by atoms with E-state index in [-0.39, 0.29) is 11.2 Å². The molecule has 0 aliphatic carbocycles. The number of nitrogens with one attached hydrogen (secondary N) is 1. The molecule has 0 amide bonds. The lowest BCUT2D eigenvalue weighted by Gasteiger charge is -2.09. The van der Waals surface area contributed by atoms with Gasteiger partial charge < -0.3 is 5.32 Å². The fourth-order valence-electron chi connectivity index (χ4n) is 1.91. The molecule has 0 bridgehead atoms. The average molecular weight is 295 g/mol. The lowest BCUT2D eigenvalue weighted by Crippen LogP contribution is -2.27. The van der Waals surface area contributed by atoms with Crippen LogP contribution in [0.15, 0.2) is 35.3 Å². The Bertz CT molecular complexity index is 753. The Labute approximate surface area is 117 Å². The topological polar surface area (TPSA) is 81.1 Å². The molecular weight excluding hydrogens is 278 g/mol. The van der Waals surface area contributed by atoms with Crippen molar-refractivity contribution in [3.05, 3.63) is 40.7 Å². The van der Waals surface area contributed by atoms with Gasteiger partial charge in [0.1, 0.15) is 9.84 Å². The van der Waals surface area contributed by atoms with E-state index in [2.05, 4.69) is 10.4 Å². The highest BCUT2D eigenvalue weighted by molar-refractivity contribution is 7.90. The fourth-order valence-corrected chi connectivity index (χ4v) is 2.42. The van der Waals surface area contributed by atoms with Crippen molar-refractivity contribution in [3.8, 4) is 0 Å². The van der Waals surface area contributed by atoms with Crippen molar-refractivity contribution in [2.45, 2.75) is 6.54 Å². The molecule has 0 fully saturated rings. The summed E-state index contributed by atoms with van der Waals surface area (Å²) in [4.78, 5) is 11.7. The maximum Gasteiger partial charge on any atom is 0.207 e. The van der Waals surface area contributed by atoms with Gasteiger partial charge in [-0.15, -0.1) is 0 Å². The second-order valence-electron chi connectivity index (χ2n) is 4.63. The maximum atomic E-state index is 11.7. The van der Waals surface area contributed by atoms with Gasteiger partial charge in [-0.3, -0.25) is 9.48 Å². The van der Waals surface area contributed by atoms with Crippen LogP contribution in [0.2, 0.25) is 0 Å². The lowest BCUT2D eigenvalue weighted by atomic mass is 10.2. The quantitative estimate of drug-likeness (QED) is 0.761. The zero-order valence-corrected chi connectivity index (χ0v) is 12.1. The number of nitrogens with zero attached hydrogens (tertiary/aromatic N) is 2. The van der Waals surface area contributed by atoms with E-state index in [4.69, 9.17) is 0 Å². The monoisotopic (exact) mass is 295 g/mol. The van der Waals surface area contributed by atoms with Crippen LogP contribution in [0.25, 0.3) is 10.9 Å². The molecule has 0 saturated heterocycles. The molecule has 0 spiro atoms. The van der Waals surface area contributed by atoms with Gasteiger partial charge in [-0.2, -0.15) is 5.10 Å². The zero-order valence-electron chi connectivity index (χ0n) is 11.2. The number of hydrogen-bond acceptors (Lipinski definition) is 5. The van der Waals surface area contributed by atoms with Crippen LogP contribution in [-0.2, 0) is 16.4 Å². The van der Waals surface area contributed by atoms with Crippen molar-refractivity contribution in [1.29, 1.82) is 0 Å². The minimum absolute atomic E-state index is 0.0955. The largest absolute Gasteiger partial charge is 0.314 e. The Hall–Kier alpha value is -1.73. The van der Waals surface area contributed by atoms with Gasteiger partial charge in [0.05, 0.1) is 24.0 Å². The first-order chi connectivity index (χ1) is 9.47. The number of benzene rings is 1. The van der Waals surface area contributed by atoms with Crippen molar-refractivity contribution in [2.24, 2.45) is 0 Å². The summed E-state index contributed by atoms with van der Waals surface area (Å²) in [6.45, 7) is 1.58. The molecule has 0 unspecified atom stereocenters. The van der Waals surface area contributed by atoms with Gasteiger partial charge in [-0.25, -0.2) is 8.42 Å². The SMILES string of the molecule is CS(=O)(=O)CCNCCn1ncc(=O)c2ccccc21. The summed E-state index contributed by atoms with van der Waals surface area (Å²) in [6.07, 6.45) is 2.52. The first-order valence-electron chi connectivity index (χ1n) is 6.31. The van der Waals surface area contributed by atoms with E-state index < -0.39 is 9.84 Å². The van der Waals surface area contributed by atoms with Gasteiger partial charge in [0.2, 0.25) is 5.43 Å². The highest BCUT2D eigenvalue weighted by Gasteiger charge is 2.03. The van der Waals surface area contributed by atoms with Gasteiger partial charge in [-0.05, 0) is 12.1 Å². The van der Waals surface area contributed by atoms with Crippen molar-refractivity contribution in [1.82, 2.24) is 15.1 Å². The molecule has 6 nitrogen and oxygen atoms in total. The van der Waals surface area contributed by atoms with Crippen LogP contribution in [0, 0.1) is 0 Å². The van der Waals surface area contributed by atoms with E-state index in [0.717, 1.165) is 5.52 Å². The van der Waals surface area contributed by atoms with Crippen molar-refractivity contribution < 1.29 is 8.42 Å². The van der Waals surface area contributed by atoms with E-state index >= 15 is 0 Å². The van der Waals surface area contributed by atoms with Gasteiger partial charge in [0.15, 0.2) is 0 Å². The highest BCUT2D eigenvalue weighted by atomic mass is 32.2. The summed E-state index contributed by atoms with van der Waals surface area (Å²) in [7, 11) is -2.94. The predicted octanol–water partition coefficient (Wildman–Crippen LogP) is 0.0307. The minimum Gasteiger partial charge on any atom is -0.314 e. The molecule has 0 aliphatic heterocycles. The summed E-state index contributed by atoms with van der Waals surface area (Å²) < 4.78 is 23.7. The molecule has 108 valence electrons. The van der Waals surface area contributed by atoms with Crippen molar-refractivity contribution in [3.63, 3.8) is 0 Å². The number of sulfone groups is 1. The molecule has 2 rings (SSSR count). The van der Waals surface area contributed by atoms with Crippen LogP contribution >= 0.6 is 0 Å². The van der Waals surface area contributed by atoms with Crippen LogP contribution in [0.5, 0.6) is 0 Å². The van der Waals surface area contributed by atoms with Crippen LogP contribution in [-0.4, -0.2) is 43.3 Å². The molecule has 7 heteroatoms. The Balaban J connectivity index is 2.01. The van der Waals surface area contributed by atoms with E-state index in [1.165, 1.54) is 12.5 Å². The summed E-state index contributed by atoms with van der Waals surface area (Å²) >= 11 is 0. The molecule has 1 aromatic heterocycles. The molecule has 0 radical (unpaired) electrons. The van der Waals surface area contributed by atoms with Crippen LogP contribution in [0.3, 0.4) is 0 Å². The first-order valence-corrected chi connectivity index (χ1v) is 8.37. The molecule has 20 heavy (non-hydrogen) atoms. The third-order valence-electron chi connectivity index (χ3n) is 2.91. The molecular formula is C13H17N3O3S. The van der Waals surface area contributed by atoms with E-state index in [1.54, 1.807) is 10.7 Å². The standard InChI is InChI=1S/C13H17N3O3S/c1-20(18,19)9-7-14-6-8-16-12-5-3-2-4-11(12)13(17)10-15-16/h2-5,10,14H,6-9H2,1H3. The second kappa shape index (κ2) is 6.15. The number of hydrogen-bond donors (Lipinski definition) is 1. The fraction of sp³-hybridized carbons (Fsp3) is 0.385. The van der Waals surface area contributed by atoms with Gasteiger partial charge >= 0.3 is 0 Å². The van der Waals surface area contributed by atoms with Gasteiger partial charge in [-0.1, -0.05) is 12.1 Å². The summed E-state index contributed by atoms with van der Waals surface area (Å²) in [5, 5.41) is 7.79. The number of aromatic nitrogens is 2. The zero-order chi connectivity index (χ0) is 14.6. The molecule has 1 aromatic carbocycles. The molecule has 2 aromatic rings. The normalized spacial score (nSPS) is 11.8. The number of para-hydroxylation sites is 1. The Morgan fingerprint density at radius 1 is 1.25 bits per heavy atom. The highest BCUT2D eigenvalue weighted by Crippen LogP contribution is 2.07. The smallest absolute Gasteiger partial charge is 0.207 e. The van der Waals surface area contributed by atoms with Crippen LogP contribution < -0.4 is 10.7 Å². The summed E-state index contributed by atoms with van der Waals surface area (Å²) in [5.74, 6) is 0.116. The Kier molecular flexibility index (Phi) is 4.51. The molecule has 0 aliphatic rings. The summed E-state index contributed by atoms with van der Waals surface area (Å²) in [5.41, 5.74) is 0.687. The molecule has 1 N–H and O–H groups in total. The second-order valence-corrected chi connectivity index (χ2v) is 6.89. The van der Waals surface area contributed by atoms with Gasteiger partial charge in [0, 0.05) is 24.7 Å². The third-order valence-corrected chi connectivity index (χ3v) is 3.86. The molecule has 1 heterocycles. The van der Waals surface area contributed by atoms with Crippen LogP contribution in [0.4, 0.5) is 0 Å². The Morgan fingerprint density at radius 2 is 2.00 bits per heavy atom. The van der Waals surface area contributed by atoms with E-state index in [0.29, 0.717) is 25.0 Å². The van der Waals surface area contributed by atoms with Crippen LogP contribution in [0.1, 0.15) is 0 Å². The van der Waals surface area contributed by atoms with Crippen molar-refractivity contribution in [2.75, 3.05) is 25.1 Å². The number of rotatable bonds is 6. The van der Waals surface area contributed by atoms with E-state index in [1.807, 2.05) is 18.2 Å². The number of fused-ring (bicyclic) bond motifs is 1. The Morgan fingerprint density at radius 3 is 2.75 bits per heavy atom. The minimum atomic E-state index is -2.94. The maximum absolute atomic E-state index is 11.7. The van der Waals surface area contributed by atoms with E-state index in [9.17, 15) is 13.2 Å². The first kappa shape index (κ1) is 14.7. The molecule has 0 atom stereocenters. The average Bonchev–Trinajstić information content (AvgIpc) is 2.40. The van der Waals surface area contributed by atoms with Crippen molar-refractivity contribution >= 4 is 20.7 Å². The lowest BCUT2D eigenvalue weighted by molar-refractivity contribution is 0.565. The predicted molar refractivity (Wildman–Crippen MR) is 78.6 cm³/mol. The third kappa shape index (κ3) is 3.88. The molecule has 0 saturated carbocycles. The summed E-state index contributed by atoms with van der Waals surface area (Å²) in [6, 6.07) is 7.29. The van der Waals surface area contributed by atoms with Gasteiger partial charge in [0.25, 0.3) is 0 Å².